The maximum atomic E-state index is 12.3. The molecule has 12 heteroatoms. The van der Waals surface area contributed by atoms with Crippen molar-refractivity contribution in [3.8, 4) is 12.1 Å². The Morgan fingerprint density at radius 3 is 2.61 bits per heavy atom. The standard InChI is InChI=1S/C24H25ClN10O/c1-13(28)23(36)34-6-4-15(5-7-34)18-8-14(10-26)9-19(20(18)25)31-24-32-21(30-16-2-3-16)22-29-12-17(11-27)35(22)33-24/h8-9,12-13,15-16H,2-7,28H2,1H3,(H2,30,31,32,33)/t13-/m0/s1. The Hall–Kier alpha value is -3.93. The summed E-state index contributed by atoms with van der Waals surface area (Å²) >= 11 is 6.85. The van der Waals surface area contributed by atoms with Crippen molar-refractivity contribution in [2.24, 2.45) is 5.73 Å². The highest BCUT2D eigenvalue weighted by Gasteiger charge is 2.28. The molecule has 11 nitrogen and oxygen atoms in total. The van der Waals surface area contributed by atoms with E-state index in [1.165, 1.54) is 10.7 Å². The van der Waals surface area contributed by atoms with Gasteiger partial charge in [0, 0.05) is 19.1 Å². The van der Waals surface area contributed by atoms with Crippen LogP contribution < -0.4 is 16.4 Å². The molecule has 1 saturated carbocycles. The second-order valence-corrected chi connectivity index (χ2v) is 9.62. The number of hydrogen-bond acceptors (Lipinski definition) is 9. The number of nitrogens with two attached hydrogens (primary N) is 1. The van der Waals surface area contributed by atoms with Crippen LogP contribution in [0, 0.1) is 22.7 Å². The van der Waals surface area contributed by atoms with E-state index in [0.717, 1.165) is 18.4 Å². The number of nitrogens with one attached hydrogen (secondary N) is 2. The first kappa shape index (κ1) is 23.8. The zero-order valence-electron chi connectivity index (χ0n) is 19.7. The summed E-state index contributed by atoms with van der Waals surface area (Å²) in [4.78, 5) is 22.9. The normalized spacial score (nSPS) is 16.9. The lowest BCUT2D eigenvalue weighted by Gasteiger charge is -2.33. The van der Waals surface area contributed by atoms with E-state index in [4.69, 9.17) is 17.3 Å². The van der Waals surface area contributed by atoms with Crippen LogP contribution in [0.15, 0.2) is 18.3 Å². The minimum Gasteiger partial charge on any atom is -0.364 e. The number of aromatic nitrogens is 4. The smallest absolute Gasteiger partial charge is 0.247 e. The van der Waals surface area contributed by atoms with Crippen LogP contribution in [-0.4, -0.2) is 55.6 Å². The predicted molar refractivity (Wildman–Crippen MR) is 134 cm³/mol. The van der Waals surface area contributed by atoms with Crippen molar-refractivity contribution in [2.45, 2.75) is 50.6 Å². The first-order valence-electron chi connectivity index (χ1n) is 11.8. The summed E-state index contributed by atoms with van der Waals surface area (Å²) in [6, 6.07) is 7.53. The van der Waals surface area contributed by atoms with Gasteiger partial charge in [-0.1, -0.05) is 11.6 Å². The minimum atomic E-state index is -0.531. The molecule has 1 saturated heterocycles. The summed E-state index contributed by atoms with van der Waals surface area (Å²) in [6.07, 6.45) is 4.96. The number of rotatable bonds is 6. The van der Waals surface area contributed by atoms with Crippen LogP contribution in [0.4, 0.5) is 17.5 Å². The van der Waals surface area contributed by atoms with Gasteiger partial charge in [-0.05, 0) is 56.2 Å². The topological polar surface area (TPSA) is 161 Å². The third-order valence-electron chi connectivity index (χ3n) is 6.51. The van der Waals surface area contributed by atoms with Crippen molar-refractivity contribution in [1.82, 2.24) is 24.5 Å². The fraction of sp³-hybridized carbons (Fsp3) is 0.417. The zero-order valence-corrected chi connectivity index (χ0v) is 20.5. The molecular weight excluding hydrogens is 480 g/mol. The quantitative estimate of drug-likeness (QED) is 0.458. The van der Waals surface area contributed by atoms with E-state index >= 15 is 0 Å². The van der Waals surface area contributed by atoms with Crippen LogP contribution in [0.5, 0.6) is 0 Å². The molecule has 0 unspecified atom stereocenters. The molecule has 0 spiro atoms. The molecule has 36 heavy (non-hydrogen) atoms. The first-order valence-corrected chi connectivity index (χ1v) is 12.2. The fourth-order valence-corrected chi connectivity index (χ4v) is 4.76. The Bertz CT molecular complexity index is 1410. The third kappa shape index (κ3) is 4.63. The van der Waals surface area contributed by atoms with Crippen molar-refractivity contribution in [3.05, 3.63) is 40.2 Å². The van der Waals surface area contributed by atoms with Gasteiger partial charge in [0.1, 0.15) is 6.07 Å². The van der Waals surface area contributed by atoms with Crippen LogP contribution in [0.25, 0.3) is 5.65 Å². The van der Waals surface area contributed by atoms with Crippen LogP contribution in [0.3, 0.4) is 0 Å². The lowest BCUT2D eigenvalue weighted by atomic mass is 9.88. The molecule has 3 aromatic rings. The molecule has 3 heterocycles. The van der Waals surface area contributed by atoms with Crippen LogP contribution in [0.1, 0.15) is 55.3 Å². The van der Waals surface area contributed by atoms with E-state index in [2.05, 4.69) is 37.8 Å². The average molecular weight is 505 g/mol. The van der Waals surface area contributed by atoms with Gasteiger partial charge in [-0.2, -0.15) is 20.0 Å². The Labute approximate surface area is 212 Å². The second-order valence-electron chi connectivity index (χ2n) is 9.25. The summed E-state index contributed by atoms with van der Waals surface area (Å²) in [7, 11) is 0. The number of fused-ring (bicyclic) bond motifs is 1. The SMILES string of the molecule is C[C@H](N)C(=O)N1CCC(c2cc(C#N)cc(Nc3nc(NC4CC4)c4ncc(C#N)n4n3)c2Cl)CC1. The third-order valence-corrected chi connectivity index (χ3v) is 6.93. The molecule has 1 aliphatic carbocycles. The van der Waals surface area contributed by atoms with Crippen LogP contribution in [0.2, 0.25) is 5.02 Å². The lowest BCUT2D eigenvalue weighted by Crippen LogP contribution is -2.45. The van der Waals surface area contributed by atoms with Gasteiger partial charge in [-0.3, -0.25) is 4.79 Å². The molecule has 0 radical (unpaired) electrons. The molecule has 0 bridgehead atoms. The van der Waals surface area contributed by atoms with E-state index in [1.54, 1.807) is 24.0 Å². The van der Waals surface area contributed by atoms with Gasteiger partial charge in [0.25, 0.3) is 0 Å². The maximum Gasteiger partial charge on any atom is 0.247 e. The van der Waals surface area contributed by atoms with Crippen molar-refractivity contribution in [2.75, 3.05) is 23.7 Å². The number of hydrogen-bond donors (Lipinski definition) is 3. The number of carbonyl (C=O) groups excluding carboxylic acids is 1. The lowest BCUT2D eigenvalue weighted by molar-refractivity contribution is -0.133. The van der Waals surface area contributed by atoms with Gasteiger partial charge in [0.2, 0.25) is 11.9 Å². The highest BCUT2D eigenvalue weighted by molar-refractivity contribution is 6.34. The van der Waals surface area contributed by atoms with Crippen molar-refractivity contribution >= 4 is 40.6 Å². The van der Waals surface area contributed by atoms with E-state index in [0.29, 0.717) is 59.7 Å². The number of benzene rings is 1. The summed E-state index contributed by atoms with van der Waals surface area (Å²) in [6.45, 7) is 2.84. The van der Waals surface area contributed by atoms with E-state index < -0.39 is 6.04 Å². The molecule has 1 amide bonds. The highest BCUT2D eigenvalue weighted by Crippen LogP contribution is 2.39. The molecule has 1 atom stereocenters. The highest BCUT2D eigenvalue weighted by atomic mass is 35.5. The molecule has 2 aromatic heterocycles. The van der Waals surface area contributed by atoms with Crippen molar-refractivity contribution in [3.63, 3.8) is 0 Å². The number of nitriles is 2. The van der Waals surface area contributed by atoms with Gasteiger partial charge in [0.15, 0.2) is 17.2 Å². The van der Waals surface area contributed by atoms with E-state index in [-0.39, 0.29) is 23.5 Å². The number of halogens is 1. The Balaban J connectivity index is 1.46. The van der Waals surface area contributed by atoms with Gasteiger partial charge in [-0.15, -0.1) is 5.10 Å². The van der Waals surface area contributed by atoms with Gasteiger partial charge in [0.05, 0.1) is 34.6 Å². The number of anilines is 3. The molecule has 1 aromatic carbocycles. The zero-order chi connectivity index (χ0) is 25.4. The average Bonchev–Trinajstić information content (AvgIpc) is 3.60. The van der Waals surface area contributed by atoms with Crippen LogP contribution >= 0.6 is 11.6 Å². The van der Waals surface area contributed by atoms with Crippen molar-refractivity contribution in [1.29, 1.82) is 10.5 Å². The molecule has 1 aliphatic heterocycles. The monoisotopic (exact) mass is 504 g/mol. The Kier molecular flexibility index (Phi) is 6.35. The number of carbonyl (C=O) groups is 1. The molecule has 5 rings (SSSR count). The molecule has 184 valence electrons. The fourth-order valence-electron chi connectivity index (χ4n) is 4.45. The van der Waals surface area contributed by atoms with Gasteiger partial charge >= 0.3 is 0 Å². The summed E-state index contributed by atoms with van der Waals surface area (Å²) in [5, 5.41) is 30.5. The van der Waals surface area contributed by atoms with Gasteiger partial charge < -0.3 is 21.3 Å². The Morgan fingerprint density at radius 2 is 1.97 bits per heavy atom. The molecular formula is C24H25ClN10O. The molecule has 2 aliphatic rings. The summed E-state index contributed by atoms with van der Waals surface area (Å²) in [5.41, 5.74) is 8.28. The number of nitrogens with zero attached hydrogens (tertiary/aromatic N) is 7. The molecule has 4 N–H and O–H groups in total. The predicted octanol–water partition coefficient (Wildman–Crippen LogP) is 2.89. The Morgan fingerprint density at radius 1 is 1.22 bits per heavy atom. The first-order chi connectivity index (χ1) is 17.4. The second kappa shape index (κ2) is 9.61. The van der Waals surface area contributed by atoms with Crippen LogP contribution in [-0.2, 0) is 4.79 Å². The number of piperidine rings is 1. The maximum absolute atomic E-state index is 12.3. The minimum absolute atomic E-state index is 0.0629. The number of imidazole rings is 1. The number of amides is 1. The summed E-state index contributed by atoms with van der Waals surface area (Å²) in [5.74, 6) is 0.765. The van der Waals surface area contributed by atoms with E-state index in [1.807, 2.05) is 0 Å². The largest absolute Gasteiger partial charge is 0.364 e. The number of likely N-dealkylation sites (tertiary alicyclic amines) is 1. The molecule has 2 fully saturated rings. The van der Waals surface area contributed by atoms with Crippen molar-refractivity contribution < 1.29 is 4.79 Å². The summed E-state index contributed by atoms with van der Waals surface area (Å²) < 4.78 is 1.44. The van der Waals surface area contributed by atoms with Gasteiger partial charge in [-0.25, -0.2) is 4.98 Å². The van der Waals surface area contributed by atoms with E-state index in [9.17, 15) is 15.3 Å².